The van der Waals surface area contributed by atoms with Gasteiger partial charge < -0.3 is 19.9 Å². The predicted molar refractivity (Wildman–Crippen MR) is 79.2 cm³/mol. The summed E-state index contributed by atoms with van der Waals surface area (Å²) >= 11 is 4.90. The fourth-order valence-corrected chi connectivity index (χ4v) is 2.05. The molecule has 0 fully saturated rings. The summed E-state index contributed by atoms with van der Waals surface area (Å²) < 4.78 is 16.3. The van der Waals surface area contributed by atoms with E-state index in [1.807, 2.05) is 42.5 Å². The Bertz CT molecular complexity index is 640. The SMILES string of the molecule is NC(=S)c1ccc(OCc2ccc3c(c2)OCO3)cc1. The molecule has 0 saturated carbocycles. The van der Waals surface area contributed by atoms with Crippen molar-refractivity contribution in [1.82, 2.24) is 0 Å². The van der Waals surface area contributed by atoms with Crippen molar-refractivity contribution < 1.29 is 14.2 Å². The molecule has 2 aromatic carbocycles. The Morgan fingerprint density at radius 1 is 1.10 bits per heavy atom. The highest BCUT2D eigenvalue weighted by molar-refractivity contribution is 7.80. The first-order chi connectivity index (χ1) is 9.72. The fourth-order valence-electron chi connectivity index (χ4n) is 1.91. The molecule has 0 radical (unpaired) electrons. The van der Waals surface area contributed by atoms with E-state index in [-0.39, 0.29) is 6.79 Å². The minimum atomic E-state index is 0.278. The van der Waals surface area contributed by atoms with Gasteiger partial charge in [-0.25, -0.2) is 0 Å². The molecule has 0 unspecified atom stereocenters. The molecule has 102 valence electrons. The van der Waals surface area contributed by atoms with Crippen LogP contribution in [0, 0.1) is 0 Å². The number of hydrogen-bond acceptors (Lipinski definition) is 4. The van der Waals surface area contributed by atoms with Crippen LogP contribution in [0.3, 0.4) is 0 Å². The lowest BCUT2D eigenvalue weighted by Crippen LogP contribution is -2.08. The van der Waals surface area contributed by atoms with E-state index in [1.165, 1.54) is 0 Å². The topological polar surface area (TPSA) is 53.7 Å². The standard InChI is InChI=1S/C15H13NO3S/c16-15(20)11-2-4-12(5-3-11)17-8-10-1-6-13-14(7-10)19-9-18-13/h1-7H,8-9H2,(H2,16,20). The Hall–Kier alpha value is -2.27. The average Bonchev–Trinajstić information content (AvgIpc) is 2.93. The molecule has 20 heavy (non-hydrogen) atoms. The molecule has 0 atom stereocenters. The van der Waals surface area contributed by atoms with Crippen molar-refractivity contribution in [3.05, 3.63) is 53.6 Å². The highest BCUT2D eigenvalue weighted by Crippen LogP contribution is 2.32. The molecule has 0 amide bonds. The molecule has 4 nitrogen and oxygen atoms in total. The van der Waals surface area contributed by atoms with Crippen LogP contribution in [0.2, 0.25) is 0 Å². The van der Waals surface area contributed by atoms with E-state index in [0.29, 0.717) is 11.6 Å². The summed E-state index contributed by atoms with van der Waals surface area (Å²) in [5, 5.41) is 0. The van der Waals surface area contributed by atoms with Crippen molar-refractivity contribution in [2.45, 2.75) is 6.61 Å². The molecule has 0 bridgehead atoms. The zero-order valence-corrected chi connectivity index (χ0v) is 11.5. The zero-order valence-electron chi connectivity index (χ0n) is 10.7. The fraction of sp³-hybridized carbons (Fsp3) is 0.133. The Kier molecular flexibility index (Phi) is 3.43. The quantitative estimate of drug-likeness (QED) is 0.876. The molecule has 2 aromatic rings. The van der Waals surface area contributed by atoms with E-state index in [4.69, 9.17) is 32.2 Å². The summed E-state index contributed by atoms with van der Waals surface area (Å²) in [5.41, 5.74) is 7.40. The van der Waals surface area contributed by atoms with Crippen LogP contribution in [0.15, 0.2) is 42.5 Å². The van der Waals surface area contributed by atoms with Gasteiger partial charge in [0.15, 0.2) is 11.5 Å². The van der Waals surface area contributed by atoms with Gasteiger partial charge in [0.25, 0.3) is 0 Å². The molecule has 5 heteroatoms. The molecule has 1 aliphatic heterocycles. The smallest absolute Gasteiger partial charge is 0.231 e. The minimum absolute atomic E-state index is 0.278. The predicted octanol–water partition coefficient (Wildman–Crippen LogP) is 2.63. The highest BCUT2D eigenvalue weighted by Gasteiger charge is 2.13. The second kappa shape index (κ2) is 5.38. The van der Waals surface area contributed by atoms with E-state index < -0.39 is 0 Å². The largest absolute Gasteiger partial charge is 0.489 e. The maximum absolute atomic E-state index is 5.71. The van der Waals surface area contributed by atoms with Crippen molar-refractivity contribution in [2.24, 2.45) is 5.73 Å². The van der Waals surface area contributed by atoms with Gasteiger partial charge in [0, 0.05) is 5.56 Å². The number of hydrogen-bond donors (Lipinski definition) is 1. The molecule has 0 saturated heterocycles. The summed E-state index contributed by atoms with van der Waals surface area (Å²) in [5.74, 6) is 2.30. The van der Waals surface area contributed by atoms with Gasteiger partial charge in [-0.3, -0.25) is 0 Å². The Morgan fingerprint density at radius 2 is 1.85 bits per heavy atom. The average molecular weight is 287 g/mol. The first kappa shape index (κ1) is 12.7. The second-order valence-corrected chi connectivity index (χ2v) is 4.80. The Balaban J connectivity index is 1.65. The van der Waals surface area contributed by atoms with Gasteiger partial charge in [-0.15, -0.1) is 0 Å². The van der Waals surface area contributed by atoms with Crippen molar-refractivity contribution in [2.75, 3.05) is 6.79 Å². The minimum Gasteiger partial charge on any atom is -0.489 e. The van der Waals surface area contributed by atoms with Crippen molar-refractivity contribution >= 4 is 17.2 Å². The third-order valence-electron chi connectivity index (χ3n) is 2.98. The molecule has 0 aliphatic carbocycles. The lowest BCUT2D eigenvalue weighted by Gasteiger charge is -2.07. The summed E-state index contributed by atoms with van der Waals surface area (Å²) in [4.78, 5) is 0.382. The van der Waals surface area contributed by atoms with Gasteiger partial charge in [0.05, 0.1) is 0 Å². The molecule has 1 heterocycles. The van der Waals surface area contributed by atoms with Gasteiger partial charge in [-0.2, -0.15) is 0 Å². The maximum atomic E-state index is 5.71. The first-order valence-corrected chi connectivity index (χ1v) is 6.54. The summed E-state index contributed by atoms with van der Waals surface area (Å²) in [6.07, 6.45) is 0. The molecular formula is C15H13NO3S. The summed E-state index contributed by atoms with van der Waals surface area (Å²) in [6, 6.07) is 13.1. The lowest BCUT2D eigenvalue weighted by atomic mass is 10.2. The third-order valence-corrected chi connectivity index (χ3v) is 3.22. The van der Waals surface area contributed by atoms with Crippen LogP contribution in [-0.2, 0) is 6.61 Å². The number of fused-ring (bicyclic) bond motifs is 1. The number of thiocarbonyl (C=S) groups is 1. The van der Waals surface area contributed by atoms with E-state index in [0.717, 1.165) is 28.4 Å². The normalized spacial score (nSPS) is 12.2. The van der Waals surface area contributed by atoms with E-state index >= 15 is 0 Å². The van der Waals surface area contributed by atoms with E-state index in [2.05, 4.69) is 0 Å². The van der Waals surface area contributed by atoms with Crippen LogP contribution < -0.4 is 19.9 Å². The van der Waals surface area contributed by atoms with E-state index in [1.54, 1.807) is 0 Å². The molecule has 0 spiro atoms. The van der Waals surface area contributed by atoms with Gasteiger partial charge in [0.1, 0.15) is 17.3 Å². The van der Waals surface area contributed by atoms with Crippen molar-refractivity contribution in [1.29, 1.82) is 0 Å². The van der Waals surface area contributed by atoms with Crippen LogP contribution in [-0.4, -0.2) is 11.8 Å². The van der Waals surface area contributed by atoms with Gasteiger partial charge in [0.2, 0.25) is 6.79 Å². The monoisotopic (exact) mass is 287 g/mol. The molecule has 2 N–H and O–H groups in total. The molecule has 0 aromatic heterocycles. The highest BCUT2D eigenvalue weighted by atomic mass is 32.1. The molecular weight excluding hydrogens is 274 g/mol. The zero-order chi connectivity index (χ0) is 13.9. The lowest BCUT2D eigenvalue weighted by molar-refractivity contribution is 0.174. The summed E-state index contributed by atoms with van der Waals surface area (Å²) in [6.45, 7) is 0.739. The summed E-state index contributed by atoms with van der Waals surface area (Å²) in [7, 11) is 0. The number of ether oxygens (including phenoxy) is 3. The van der Waals surface area contributed by atoms with Gasteiger partial charge in [-0.1, -0.05) is 18.3 Å². The number of benzene rings is 2. The van der Waals surface area contributed by atoms with Crippen LogP contribution >= 0.6 is 12.2 Å². The molecule has 1 aliphatic rings. The van der Waals surface area contributed by atoms with E-state index in [9.17, 15) is 0 Å². The Morgan fingerprint density at radius 3 is 2.60 bits per heavy atom. The van der Waals surface area contributed by atoms with Gasteiger partial charge in [-0.05, 0) is 42.0 Å². The van der Waals surface area contributed by atoms with Crippen LogP contribution in [0.25, 0.3) is 0 Å². The number of rotatable bonds is 4. The Labute approximate surface area is 122 Å². The van der Waals surface area contributed by atoms with Gasteiger partial charge >= 0.3 is 0 Å². The first-order valence-electron chi connectivity index (χ1n) is 6.13. The van der Waals surface area contributed by atoms with Crippen LogP contribution in [0.1, 0.15) is 11.1 Å². The molecule has 3 rings (SSSR count). The van der Waals surface area contributed by atoms with Crippen LogP contribution in [0.4, 0.5) is 0 Å². The van der Waals surface area contributed by atoms with Crippen LogP contribution in [0.5, 0.6) is 17.2 Å². The van der Waals surface area contributed by atoms with Crippen molar-refractivity contribution in [3.8, 4) is 17.2 Å². The number of nitrogens with two attached hydrogens (primary N) is 1. The third kappa shape index (κ3) is 2.67. The maximum Gasteiger partial charge on any atom is 0.231 e. The second-order valence-electron chi connectivity index (χ2n) is 4.36. The van der Waals surface area contributed by atoms with Crippen molar-refractivity contribution in [3.63, 3.8) is 0 Å².